The molecule has 1 aliphatic rings. The van der Waals surface area contributed by atoms with Crippen molar-refractivity contribution in [3.8, 4) is 5.75 Å². The summed E-state index contributed by atoms with van der Waals surface area (Å²) in [5, 5.41) is 0. The van der Waals surface area contributed by atoms with E-state index in [0.717, 1.165) is 24.2 Å². The van der Waals surface area contributed by atoms with Crippen molar-refractivity contribution in [2.75, 3.05) is 0 Å². The third kappa shape index (κ3) is 3.56. The highest BCUT2D eigenvalue weighted by atomic mass is 16.5. The maximum absolute atomic E-state index is 11.8. The summed E-state index contributed by atoms with van der Waals surface area (Å²) in [5.41, 5.74) is 2.39. The molecule has 2 atom stereocenters. The molecule has 0 radical (unpaired) electrons. The predicted octanol–water partition coefficient (Wildman–Crippen LogP) is 4.74. The standard InChI is InChI=1S/C20H22O2/c1-15-10-11-18(21)13-20(15)17-8-5-9-19(12-17)22-14-16-6-3-2-4-7-16/h2-9,12,15,20H,10-11,13-14H2,1H3. The first kappa shape index (κ1) is 14.8. The Morgan fingerprint density at radius 3 is 2.73 bits per heavy atom. The molecule has 1 aliphatic carbocycles. The average Bonchev–Trinajstić information content (AvgIpc) is 2.56. The summed E-state index contributed by atoms with van der Waals surface area (Å²) >= 11 is 0. The highest BCUT2D eigenvalue weighted by Crippen LogP contribution is 2.37. The molecule has 0 amide bonds. The zero-order valence-electron chi connectivity index (χ0n) is 13.0. The summed E-state index contributed by atoms with van der Waals surface area (Å²) in [6.45, 7) is 2.82. The van der Waals surface area contributed by atoms with Crippen molar-refractivity contribution in [1.82, 2.24) is 0 Å². The van der Waals surface area contributed by atoms with Crippen molar-refractivity contribution in [1.29, 1.82) is 0 Å². The Balaban J connectivity index is 1.70. The average molecular weight is 294 g/mol. The lowest BCUT2D eigenvalue weighted by Gasteiger charge is -2.28. The molecule has 0 bridgehead atoms. The second kappa shape index (κ2) is 6.78. The lowest BCUT2D eigenvalue weighted by Crippen LogP contribution is -2.21. The molecular formula is C20H22O2. The fourth-order valence-corrected chi connectivity index (χ4v) is 3.16. The van der Waals surface area contributed by atoms with Gasteiger partial charge in [0.05, 0.1) is 0 Å². The van der Waals surface area contributed by atoms with Crippen LogP contribution in [-0.2, 0) is 11.4 Å². The second-order valence-corrected chi connectivity index (χ2v) is 6.21. The van der Waals surface area contributed by atoms with Gasteiger partial charge in [0.1, 0.15) is 18.1 Å². The van der Waals surface area contributed by atoms with E-state index in [1.807, 2.05) is 30.3 Å². The van der Waals surface area contributed by atoms with E-state index >= 15 is 0 Å². The summed E-state index contributed by atoms with van der Waals surface area (Å²) in [5.74, 6) is 2.16. The topological polar surface area (TPSA) is 26.3 Å². The molecule has 114 valence electrons. The molecule has 2 nitrogen and oxygen atoms in total. The Morgan fingerprint density at radius 2 is 1.91 bits per heavy atom. The van der Waals surface area contributed by atoms with Gasteiger partial charge in [-0.05, 0) is 41.5 Å². The van der Waals surface area contributed by atoms with Crippen molar-refractivity contribution < 1.29 is 9.53 Å². The van der Waals surface area contributed by atoms with E-state index in [1.165, 1.54) is 5.56 Å². The molecule has 2 unspecified atom stereocenters. The highest BCUT2D eigenvalue weighted by molar-refractivity contribution is 5.80. The van der Waals surface area contributed by atoms with Crippen LogP contribution in [-0.4, -0.2) is 5.78 Å². The lowest BCUT2D eigenvalue weighted by molar-refractivity contribution is -0.121. The quantitative estimate of drug-likeness (QED) is 0.814. The molecule has 0 N–H and O–H groups in total. The monoisotopic (exact) mass is 294 g/mol. The Bertz CT molecular complexity index is 633. The summed E-state index contributed by atoms with van der Waals surface area (Å²) in [6.07, 6.45) is 2.41. The minimum atomic E-state index is 0.335. The summed E-state index contributed by atoms with van der Waals surface area (Å²) in [7, 11) is 0. The molecule has 2 heteroatoms. The van der Waals surface area contributed by atoms with E-state index in [1.54, 1.807) is 0 Å². The largest absolute Gasteiger partial charge is 0.489 e. The Hall–Kier alpha value is -2.09. The van der Waals surface area contributed by atoms with Gasteiger partial charge in [0.2, 0.25) is 0 Å². The minimum absolute atomic E-state index is 0.335. The van der Waals surface area contributed by atoms with Gasteiger partial charge in [0.15, 0.2) is 0 Å². The van der Waals surface area contributed by atoms with E-state index in [4.69, 9.17) is 4.74 Å². The molecule has 2 aromatic carbocycles. The predicted molar refractivity (Wildman–Crippen MR) is 88.0 cm³/mol. The van der Waals surface area contributed by atoms with Crippen LogP contribution in [0.4, 0.5) is 0 Å². The number of hydrogen-bond donors (Lipinski definition) is 0. The van der Waals surface area contributed by atoms with E-state index in [9.17, 15) is 4.79 Å². The molecule has 1 saturated carbocycles. The number of hydrogen-bond acceptors (Lipinski definition) is 2. The molecule has 22 heavy (non-hydrogen) atoms. The number of ether oxygens (including phenoxy) is 1. The van der Waals surface area contributed by atoms with Gasteiger partial charge >= 0.3 is 0 Å². The first-order valence-corrected chi connectivity index (χ1v) is 8.01. The van der Waals surface area contributed by atoms with Crippen LogP contribution in [0.15, 0.2) is 54.6 Å². The third-order valence-corrected chi connectivity index (χ3v) is 4.55. The van der Waals surface area contributed by atoms with Crippen molar-refractivity contribution in [3.63, 3.8) is 0 Å². The summed E-state index contributed by atoms with van der Waals surface area (Å²) in [6, 6.07) is 18.4. The maximum Gasteiger partial charge on any atom is 0.133 e. The lowest BCUT2D eigenvalue weighted by atomic mass is 9.76. The second-order valence-electron chi connectivity index (χ2n) is 6.21. The van der Waals surface area contributed by atoms with Crippen LogP contribution in [0, 0.1) is 5.92 Å². The van der Waals surface area contributed by atoms with Crippen molar-refractivity contribution in [2.24, 2.45) is 5.92 Å². The smallest absolute Gasteiger partial charge is 0.133 e. The molecular weight excluding hydrogens is 272 g/mol. The first-order chi connectivity index (χ1) is 10.7. The van der Waals surface area contributed by atoms with Gasteiger partial charge < -0.3 is 4.74 Å². The number of benzene rings is 2. The van der Waals surface area contributed by atoms with Gasteiger partial charge in [-0.1, -0.05) is 49.4 Å². The van der Waals surface area contributed by atoms with Crippen LogP contribution in [0.2, 0.25) is 0 Å². The fraction of sp³-hybridized carbons (Fsp3) is 0.350. The molecule has 1 fully saturated rings. The van der Waals surface area contributed by atoms with E-state index in [0.29, 0.717) is 30.6 Å². The van der Waals surface area contributed by atoms with Crippen LogP contribution in [0.1, 0.15) is 43.2 Å². The fourth-order valence-electron chi connectivity index (χ4n) is 3.16. The van der Waals surface area contributed by atoms with Gasteiger partial charge in [-0.15, -0.1) is 0 Å². The van der Waals surface area contributed by atoms with Crippen molar-refractivity contribution in [3.05, 3.63) is 65.7 Å². The molecule has 0 saturated heterocycles. The minimum Gasteiger partial charge on any atom is -0.489 e. The summed E-state index contributed by atoms with van der Waals surface area (Å²) < 4.78 is 5.90. The molecule has 2 aromatic rings. The number of carbonyl (C=O) groups excluding carboxylic acids is 1. The SMILES string of the molecule is CC1CCC(=O)CC1c1cccc(OCc2ccccc2)c1. The van der Waals surface area contributed by atoms with Crippen LogP contribution >= 0.6 is 0 Å². The number of Topliss-reactive ketones (excluding diaryl/α,β-unsaturated/α-hetero) is 1. The number of ketones is 1. The van der Waals surface area contributed by atoms with Gasteiger partial charge in [0.25, 0.3) is 0 Å². The van der Waals surface area contributed by atoms with E-state index < -0.39 is 0 Å². The van der Waals surface area contributed by atoms with Crippen LogP contribution < -0.4 is 4.74 Å². The van der Waals surface area contributed by atoms with Gasteiger partial charge in [0, 0.05) is 12.8 Å². The Kier molecular flexibility index (Phi) is 4.57. The van der Waals surface area contributed by atoms with Gasteiger partial charge in [-0.2, -0.15) is 0 Å². The molecule has 0 aromatic heterocycles. The van der Waals surface area contributed by atoms with E-state index in [-0.39, 0.29) is 0 Å². The summed E-state index contributed by atoms with van der Waals surface area (Å²) in [4.78, 5) is 11.8. The van der Waals surface area contributed by atoms with Crippen LogP contribution in [0.25, 0.3) is 0 Å². The van der Waals surface area contributed by atoms with Crippen LogP contribution in [0.5, 0.6) is 5.75 Å². The highest BCUT2D eigenvalue weighted by Gasteiger charge is 2.27. The van der Waals surface area contributed by atoms with Gasteiger partial charge in [-0.25, -0.2) is 0 Å². The number of rotatable bonds is 4. The zero-order chi connectivity index (χ0) is 15.4. The van der Waals surface area contributed by atoms with Crippen LogP contribution in [0.3, 0.4) is 0 Å². The first-order valence-electron chi connectivity index (χ1n) is 8.01. The van der Waals surface area contributed by atoms with Crippen molar-refractivity contribution >= 4 is 5.78 Å². The van der Waals surface area contributed by atoms with Gasteiger partial charge in [-0.3, -0.25) is 4.79 Å². The molecule has 3 rings (SSSR count). The van der Waals surface area contributed by atoms with E-state index in [2.05, 4.69) is 31.2 Å². The molecule has 0 spiro atoms. The molecule has 0 heterocycles. The molecule has 0 aliphatic heterocycles. The third-order valence-electron chi connectivity index (χ3n) is 4.55. The Labute approximate surface area is 132 Å². The maximum atomic E-state index is 11.8. The normalized spacial score (nSPS) is 21.6. The van der Waals surface area contributed by atoms with Crippen molar-refractivity contribution in [2.45, 2.75) is 38.7 Å². The number of carbonyl (C=O) groups is 1. The Morgan fingerprint density at radius 1 is 1.09 bits per heavy atom. The zero-order valence-corrected chi connectivity index (χ0v) is 13.0.